The second-order valence-electron chi connectivity index (χ2n) is 3.67. The molecule has 0 saturated heterocycles. The van der Waals surface area contributed by atoms with E-state index in [0.717, 1.165) is 5.56 Å². The van der Waals surface area contributed by atoms with Crippen molar-refractivity contribution in [2.45, 2.75) is 19.4 Å². The minimum atomic E-state index is -0.464. The molecule has 1 unspecified atom stereocenters. The molecule has 0 spiro atoms. The lowest BCUT2D eigenvalue weighted by Crippen LogP contribution is -2.15. The van der Waals surface area contributed by atoms with Crippen LogP contribution in [-0.4, -0.2) is 18.4 Å². The standard InChI is InChI=1S/C12H14N2O3/c1-2-16-11-7-10(17-14-11)8-5-3-4-6-9(8)12(13)15/h3-6,10H,2,7H2,1H3,(H2,13,15). The van der Waals surface area contributed by atoms with Gasteiger partial charge in [0.2, 0.25) is 11.8 Å². The topological polar surface area (TPSA) is 73.9 Å². The van der Waals surface area contributed by atoms with Crippen LogP contribution < -0.4 is 5.73 Å². The third-order valence-electron chi connectivity index (χ3n) is 2.53. The lowest BCUT2D eigenvalue weighted by atomic mass is 10.00. The Balaban J connectivity index is 2.17. The molecule has 17 heavy (non-hydrogen) atoms. The van der Waals surface area contributed by atoms with Gasteiger partial charge in [0, 0.05) is 11.1 Å². The van der Waals surface area contributed by atoms with Crippen LogP contribution >= 0.6 is 0 Å². The van der Waals surface area contributed by atoms with Crippen LogP contribution in [0, 0.1) is 0 Å². The molecule has 0 aliphatic carbocycles. The van der Waals surface area contributed by atoms with E-state index in [1.54, 1.807) is 12.1 Å². The van der Waals surface area contributed by atoms with E-state index in [-0.39, 0.29) is 6.10 Å². The van der Waals surface area contributed by atoms with Gasteiger partial charge in [-0.05, 0) is 13.0 Å². The zero-order valence-electron chi connectivity index (χ0n) is 9.55. The van der Waals surface area contributed by atoms with Crippen molar-refractivity contribution in [3.05, 3.63) is 35.4 Å². The van der Waals surface area contributed by atoms with Gasteiger partial charge in [0.05, 0.1) is 13.0 Å². The Hall–Kier alpha value is -2.04. The van der Waals surface area contributed by atoms with E-state index in [0.29, 0.717) is 24.5 Å². The van der Waals surface area contributed by atoms with E-state index in [2.05, 4.69) is 5.16 Å². The molecule has 1 aromatic carbocycles. The highest BCUT2D eigenvalue weighted by molar-refractivity contribution is 5.94. The third-order valence-corrected chi connectivity index (χ3v) is 2.53. The number of hydrogen-bond donors (Lipinski definition) is 1. The molecule has 2 rings (SSSR count). The van der Waals surface area contributed by atoms with Crippen LogP contribution in [0.1, 0.15) is 35.4 Å². The first-order chi connectivity index (χ1) is 8.22. The summed E-state index contributed by atoms with van der Waals surface area (Å²) >= 11 is 0. The number of nitrogens with zero attached hydrogens (tertiary/aromatic N) is 1. The van der Waals surface area contributed by atoms with Crippen molar-refractivity contribution >= 4 is 11.8 Å². The number of carbonyl (C=O) groups is 1. The number of hydrogen-bond acceptors (Lipinski definition) is 4. The number of rotatable bonds is 3. The van der Waals surface area contributed by atoms with Crippen molar-refractivity contribution < 1.29 is 14.4 Å². The second-order valence-corrected chi connectivity index (χ2v) is 3.67. The van der Waals surface area contributed by atoms with Crippen LogP contribution in [0.3, 0.4) is 0 Å². The summed E-state index contributed by atoms with van der Waals surface area (Å²) in [7, 11) is 0. The van der Waals surface area contributed by atoms with Crippen molar-refractivity contribution in [3.63, 3.8) is 0 Å². The fraction of sp³-hybridized carbons (Fsp3) is 0.333. The maximum absolute atomic E-state index is 11.3. The average Bonchev–Trinajstić information content (AvgIpc) is 2.78. The molecule has 0 aromatic heterocycles. The van der Waals surface area contributed by atoms with Gasteiger partial charge < -0.3 is 15.3 Å². The minimum Gasteiger partial charge on any atom is -0.479 e. The van der Waals surface area contributed by atoms with Gasteiger partial charge in [-0.25, -0.2) is 0 Å². The quantitative estimate of drug-likeness (QED) is 0.863. The SMILES string of the molecule is CCOC1=NOC(c2ccccc2C(N)=O)C1. The normalized spacial score (nSPS) is 18.4. The van der Waals surface area contributed by atoms with Gasteiger partial charge in [-0.1, -0.05) is 23.4 Å². The summed E-state index contributed by atoms with van der Waals surface area (Å²) in [5, 5.41) is 3.83. The molecule has 1 heterocycles. The first-order valence-corrected chi connectivity index (χ1v) is 5.46. The van der Waals surface area contributed by atoms with Gasteiger partial charge in [-0.3, -0.25) is 4.79 Å². The highest BCUT2D eigenvalue weighted by Gasteiger charge is 2.26. The smallest absolute Gasteiger partial charge is 0.249 e. The van der Waals surface area contributed by atoms with Gasteiger partial charge >= 0.3 is 0 Å². The third kappa shape index (κ3) is 2.38. The molecule has 1 aliphatic heterocycles. The fourth-order valence-corrected chi connectivity index (χ4v) is 1.78. The highest BCUT2D eigenvalue weighted by Crippen LogP contribution is 2.29. The molecule has 1 aromatic rings. The molecule has 0 radical (unpaired) electrons. The molecule has 90 valence electrons. The van der Waals surface area contributed by atoms with Crippen LogP contribution in [0.5, 0.6) is 0 Å². The lowest BCUT2D eigenvalue weighted by molar-refractivity contribution is 0.0827. The molecule has 2 N–H and O–H groups in total. The van der Waals surface area contributed by atoms with Crippen molar-refractivity contribution in [2.24, 2.45) is 10.9 Å². The van der Waals surface area contributed by atoms with Gasteiger partial charge in [-0.15, -0.1) is 0 Å². The van der Waals surface area contributed by atoms with Gasteiger partial charge in [0.1, 0.15) is 0 Å². The Morgan fingerprint density at radius 3 is 3.06 bits per heavy atom. The summed E-state index contributed by atoms with van der Waals surface area (Å²) in [6.07, 6.45) is 0.234. The highest BCUT2D eigenvalue weighted by atomic mass is 16.7. The van der Waals surface area contributed by atoms with Crippen molar-refractivity contribution in [3.8, 4) is 0 Å². The molecule has 1 aliphatic rings. The predicted molar refractivity (Wildman–Crippen MR) is 62.5 cm³/mol. The Labute approximate surface area is 99.2 Å². The maximum Gasteiger partial charge on any atom is 0.249 e. The average molecular weight is 234 g/mol. The van der Waals surface area contributed by atoms with Crippen LogP contribution in [0.25, 0.3) is 0 Å². The summed E-state index contributed by atoms with van der Waals surface area (Å²) in [4.78, 5) is 16.5. The van der Waals surface area contributed by atoms with Crippen molar-refractivity contribution in [2.75, 3.05) is 6.61 Å². The van der Waals surface area contributed by atoms with E-state index < -0.39 is 5.91 Å². The van der Waals surface area contributed by atoms with Crippen LogP contribution in [0.2, 0.25) is 0 Å². The predicted octanol–water partition coefficient (Wildman–Crippen LogP) is 1.60. The van der Waals surface area contributed by atoms with E-state index in [9.17, 15) is 4.79 Å². The van der Waals surface area contributed by atoms with E-state index in [4.69, 9.17) is 15.3 Å². The minimum absolute atomic E-state index is 0.291. The molecule has 0 saturated carbocycles. The zero-order chi connectivity index (χ0) is 12.3. The van der Waals surface area contributed by atoms with Crippen molar-refractivity contribution in [1.82, 2.24) is 0 Å². The molecule has 0 bridgehead atoms. The van der Waals surface area contributed by atoms with E-state index in [1.807, 2.05) is 19.1 Å². The number of carbonyl (C=O) groups excluding carboxylic acids is 1. The Kier molecular flexibility index (Phi) is 3.27. The second kappa shape index (κ2) is 4.86. The summed E-state index contributed by atoms with van der Waals surface area (Å²) < 4.78 is 5.26. The van der Waals surface area contributed by atoms with Crippen molar-refractivity contribution in [1.29, 1.82) is 0 Å². The largest absolute Gasteiger partial charge is 0.479 e. The fourth-order valence-electron chi connectivity index (χ4n) is 1.78. The molecular weight excluding hydrogens is 220 g/mol. The Morgan fingerprint density at radius 2 is 2.35 bits per heavy atom. The first-order valence-electron chi connectivity index (χ1n) is 5.46. The van der Waals surface area contributed by atoms with Crippen LogP contribution in [-0.2, 0) is 9.57 Å². The number of amides is 1. The van der Waals surface area contributed by atoms with Gasteiger partial charge in [0.25, 0.3) is 0 Å². The molecular formula is C12H14N2O3. The molecule has 5 nitrogen and oxygen atoms in total. The molecule has 1 atom stereocenters. The van der Waals surface area contributed by atoms with Gasteiger partial charge in [-0.2, -0.15) is 0 Å². The maximum atomic E-state index is 11.3. The monoisotopic (exact) mass is 234 g/mol. The van der Waals surface area contributed by atoms with Gasteiger partial charge in [0.15, 0.2) is 6.10 Å². The molecule has 5 heteroatoms. The summed E-state index contributed by atoms with van der Waals surface area (Å²) in [5.41, 5.74) is 6.52. The number of oxime groups is 1. The summed E-state index contributed by atoms with van der Waals surface area (Å²) in [6.45, 7) is 2.43. The van der Waals surface area contributed by atoms with Crippen LogP contribution in [0.4, 0.5) is 0 Å². The molecule has 0 fully saturated rings. The molecule has 1 amide bonds. The number of ether oxygens (including phenoxy) is 1. The Morgan fingerprint density at radius 1 is 1.59 bits per heavy atom. The van der Waals surface area contributed by atoms with E-state index in [1.165, 1.54) is 0 Å². The first kappa shape index (κ1) is 11.4. The summed E-state index contributed by atoms with van der Waals surface area (Å²) in [6, 6.07) is 7.10. The lowest BCUT2D eigenvalue weighted by Gasteiger charge is -2.11. The number of benzene rings is 1. The number of primary amides is 1. The zero-order valence-corrected chi connectivity index (χ0v) is 9.55. The number of nitrogens with two attached hydrogens (primary N) is 1. The Bertz CT molecular complexity index is 457. The van der Waals surface area contributed by atoms with E-state index >= 15 is 0 Å². The van der Waals surface area contributed by atoms with Crippen LogP contribution in [0.15, 0.2) is 29.4 Å². The summed E-state index contributed by atoms with van der Waals surface area (Å²) in [5.74, 6) is 0.0887.